The van der Waals surface area contributed by atoms with Crippen LogP contribution in [0.3, 0.4) is 0 Å². The van der Waals surface area contributed by atoms with Crippen molar-refractivity contribution in [3.63, 3.8) is 0 Å². The Bertz CT molecular complexity index is 1100. The quantitative estimate of drug-likeness (QED) is 0.528. The van der Waals surface area contributed by atoms with E-state index in [2.05, 4.69) is 20.9 Å². The number of hydrogen-bond acceptors (Lipinski definition) is 4. The average molecular weight is 425 g/mol. The molecule has 0 saturated carbocycles. The molecule has 3 rings (SSSR count). The van der Waals surface area contributed by atoms with Gasteiger partial charge in [0.15, 0.2) is 0 Å². The van der Waals surface area contributed by atoms with Gasteiger partial charge in [0.1, 0.15) is 17.2 Å². The number of aryl methyl sites for hydroxylation is 2. The van der Waals surface area contributed by atoms with E-state index in [0.29, 0.717) is 27.9 Å². The highest BCUT2D eigenvalue weighted by Gasteiger charge is 2.10. The number of aromatic nitrogens is 1. The molecule has 30 heavy (non-hydrogen) atoms. The lowest BCUT2D eigenvalue weighted by molar-refractivity contribution is 0.0958. The predicted molar refractivity (Wildman–Crippen MR) is 118 cm³/mol. The van der Waals surface area contributed by atoms with Gasteiger partial charge in [-0.15, -0.1) is 0 Å². The highest BCUT2D eigenvalue weighted by atomic mass is 35.5. The highest BCUT2D eigenvalue weighted by molar-refractivity contribution is 6.31. The molecule has 0 saturated heterocycles. The maximum Gasteiger partial charge on any atom is 0.323 e. The predicted octanol–water partition coefficient (Wildman–Crippen LogP) is 5.15. The number of urea groups is 1. The number of pyridine rings is 1. The summed E-state index contributed by atoms with van der Waals surface area (Å²) >= 11 is 6.01. The number of rotatable bonds is 5. The third kappa shape index (κ3) is 5.27. The molecule has 0 fully saturated rings. The molecule has 0 aliphatic carbocycles. The monoisotopic (exact) mass is 424 g/mol. The Morgan fingerprint density at radius 3 is 2.23 bits per heavy atom. The van der Waals surface area contributed by atoms with Crippen LogP contribution in [0.1, 0.15) is 21.6 Å². The van der Waals surface area contributed by atoms with Crippen molar-refractivity contribution in [3.8, 4) is 11.5 Å². The van der Waals surface area contributed by atoms with Crippen LogP contribution in [-0.4, -0.2) is 24.0 Å². The third-order valence-corrected chi connectivity index (χ3v) is 4.69. The van der Waals surface area contributed by atoms with E-state index < -0.39 is 0 Å². The van der Waals surface area contributed by atoms with Gasteiger partial charge in [-0.1, -0.05) is 11.6 Å². The molecule has 0 aliphatic rings. The summed E-state index contributed by atoms with van der Waals surface area (Å²) in [6.07, 6.45) is 1.51. The van der Waals surface area contributed by atoms with Crippen LogP contribution in [0.15, 0.2) is 54.7 Å². The summed E-state index contributed by atoms with van der Waals surface area (Å²) in [6.45, 7) is 3.73. The SMILES string of the molecule is CNC(=O)c1cc(Oc2ccc(NC(=O)Nc3ccc(Cl)c(C)c3)cc2C)ccn1. The standard InChI is InChI=1S/C22H21ClN4O3/c1-13-10-15(4-6-18(13)23)26-22(29)27-16-5-7-20(14(2)11-16)30-17-8-9-25-19(12-17)21(28)24-3/h4-12H,1-3H3,(H,24,28)(H2,26,27,29). The van der Waals surface area contributed by atoms with E-state index in [0.717, 1.165) is 11.1 Å². The van der Waals surface area contributed by atoms with Crippen molar-refractivity contribution in [2.45, 2.75) is 13.8 Å². The summed E-state index contributed by atoms with van der Waals surface area (Å²) in [5.41, 5.74) is 3.22. The Morgan fingerprint density at radius 1 is 0.933 bits per heavy atom. The number of carbonyl (C=O) groups is 2. The number of nitrogens with one attached hydrogen (secondary N) is 3. The first-order valence-corrected chi connectivity index (χ1v) is 9.54. The largest absolute Gasteiger partial charge is 0.457 e. The number of anilines is 2. The summed E-state index contributed by atoms with van der Waals surface area (Å²) in [4.78, 5) is 28.0. The molecule has 1 heterocycles. The second kappa shape index (κ2) is 9.28. The van der Waals surface area contributed by atoms with E-state index in [-0.39, 0.29) is 17.6 Å². The molecule has 0 atom stereocenters. The number of benzene rings is 2. The van der Waals surface area contributed by atoms with Crippen LogP contribution in [0.4, 0.5) is 16.2 Å². The first-order chi connectivity index (χ1) is 14.4. The molecule has 2 aromatic carbocycles. The van der Waals surface area contributed by atoms with Gasteiger partial charge in [-0.3, -0.25) is 9.78 Å². The second-order valence-electron chi connectivity index (χ2n) is 6.58. The van der Waals surface area contributed by atoms with Crippen LogP contribution in [-0.2, 0) is 0 Å². The van der Waals surface area contributed by atoms with E-state index >= 15 is 0 Å². The number of hydrogen-bond donors (Lipinski definition) is 3. The summed E-state index contributed by atoms with van der Waals surface area (Å²) in [7, 11) is 1.54. The molecule has 8 heteroatoms. The highest BCUT2D eigenvalue weighted by Crippen LogP contribution is 2.27. The molecule has 0 bridgehead atoms. The smallest absolute Gasteiger partial charge is 0.323 e. The van der Waals surface area contributed by atoms with Crippen molar-refractivity contribution in [2.24, 2.45) is 0 Å². The first-order valence-electron chi connectivity index (χ1n) is 9.16. The fourth-order valence-corrected chi connectivity index (χ4v) is 2.83. The molecule has 1 aromatic heterocycles. The normalized spacial score (nSPS) is 10.3. The van der Waals surface area contributed by atoms with Gasteiger partial charge < -0.3 is 20.7 Å². The Morgan fingerprint density at radius 2 is 1.60 bits per heavy atom. The Hall–Kier alpha value is -3.58. The molecule has 0 unspecified atom stereocenters. The number of halogens is 1. The molecule has 0 radical (unpaired) electrons. The molecule has 3 aromatic rings. The lowest BCUT2D eigenvalue weighted by Gasteiger charge is -2.12. The molecule has 3 amide bonds. The fourth-order valence-electron chi connectivity index (χ4n) is 2.71. The Balaban J connectivity index is 1.67. The summed E-state index contributed by atoms with van der Waals surface area (Å²) in [6, 6.07) is 13.4. The third-order valence-electron chi connectivity index (χ3n) is 4.27. The van der Waals surface area contributed by atoms with Gasteiger partial charge in [0.2, 0.25) is 0 Å². The van der Waals surface area contributed by atoms with Crippen LogP contribution in [0.5, 0.6) is 11.5 Å². The van der Waals surface area contributed by atoms with Crippen LogP contribution in [0, 0.1) is 13.8 Å². The zero-order valence-corrected chi connectivity index (χ0v) is 17.5. The van der Waals surface area contributed by atoms with Crippen molar-refractivity contribution < 1.29 is 14.3 Å². The van der Waals surface area contributed by atoms with Crippen LogP contribution in [0.25, 0.3) is 0 Å². The van der Waals surface area contributed by atoms with E-state index in [1.165, 1.54) is 13.2 Å². The average Bonchev–Trinajstić information content (AvgIpc) is 2.72. The number of ether oxygens (including phenoxy) is 1. The second-order valence-corrected chi connectivity index (χ2v) is 6.99. The zero-order valence-electron chi connectivity index (χ0n) is 16.7. The van der Waals surface area contributed by atoms with Gasteiger partial charge >= 0.3 is 6.03 Å². The van der Waals surface area contributed by atoms with Crippen molar-refractivity contribution in [1.29, 1.82) is 0 Å². The summed E-state index contributed by atoms with van der Waals surface area (Å²) < 4.78 is 5.86. The van der Waals surface area contributed by atoms with Crippen molar-refractivity contribution >= 4 is 34.9 Å². The summed E-state index contributed by atoms with van der Waals surface area (Å²) in [5, 5.41) is 8.72. The Labute approximate surface area is 179 Å². The van der Waals surface area contributed by atoms with Crippen molar-refractivity contribution in [1.82, 2.24) is 10.3 Å². The van der Waals surface area contributed by atoms with Crippen molar-refractivity contribution in [3.05, 3.63) is 76.6 Å². The summed E-state index contributed by atoms with van der Waals surface area (Å²) in [5.74, 6) is 0.796. The molecule has 0 spiro atoms. The van der Waals surface area contributed by atoms with Crippen LogP contribution < -0.4 is 20.7 Å². The fraction of sp³-hybridized carbons (Fsp3) is 0.136. The van der Waals surface area contributed by atoms with Gasteiger partial charge in [-0.2, -0.15) is 0 Å². The minimum atomic E-state index is -0.367. The number of amides is 3. The van der Waals surface area contributed by atoms with E-state index in [4.69, 9.17) is 16.3 Å². The lowest BCUT2D eigenvalue weighted by atomic mass is 10.2. The number of nitrogens with zero attached hydrogens (tertiary/aromatic N) is 1. The molecule has 0 aliphatic heterocycles. The van der Waals surface area contributed by atoms with Crippen LogP contribution >= 0.6 is 11.6 Å². The molecule has 3 N–H and O–H groups in total. The minimum Gasteiger partial charge on any atom is -0.457 e. The van der Waals surface area contributed by atoms with Crippen LogP contribution in [0.2, 0.25) is 5.02 Å². The number of carbonyl (C=O) groups excluding carboxylic acids is 2. The van der Waals surface area contributed by atoms with Gasteiger partial charge in [-0.05, 0) is 67.4 Å². The van der Waals surface area contributed by atoms with Gasteiger partial charge in [0, 0.05) is 35.7 Å². The van der Waals surface area contributed by atoms with E-state index in [9.17, 15) is 9.59 Å². The molecular weight excluding hydrogens is 404 g/mol. The first kappa shape index (κ1) is 21.1. The zero-order chi connectivity index (χ0) is 21.7. The lowest BCUT2D eigenvalue weighted by Crippen LogP contribution is -2.19. The van der Waals surface area contributed by atoms with Gasteiger partial charge in [-0.25, -0.2) is 4.79 Å². The van der Waals surface area contributed by atoms with Gasteiger partial charge in [0.25, 0.3) is 5.91 Å². The van der Waals surface area contributed by atoms with Crippen molar-refractivity contribution in [2.75, 3.05) is 17.7 Å². The van der Waals surface area contributed by atoms with E-state index in [1.54, 1.807) is 48.5 Å². The maximum absolute atomic E-state index is 12.3. The molecule has 154 valence electrons. The molecular formula is C22H21ClN4O3. The Kier molecular flexibility index (Phi) is 6.54. The van der Waals surface area contributed by atoms with Gasteiger partial charge in [0.05, 0.1) is 0 Å². The minimum absolute atomic E-state index is 0.264. The van der Waals surface area contributed by atoms with E-state index in [1.807, 2.05) is 13.8 Å². The maximum atomic E-state index is 12.3. The molecule has 7 nitrogen and oxygen atoms in total. The topological polar surface area (TPSA) is 92.4 Å².